The molecule has 2 aromatic carbocycles. The van der Waals surface area contributed by atoms with Gasteiger partial charge in [0.2, 0.25) is 0 Å². The molecule has 1 unspecified atom stereocenters. The second-order valence-electron chi connectivity index (χ2n) is 5.97. The number of hydrogen-bond acceptors (Lipinski definition) is 2. The highest BCUT2D eigenvalue weighted by molar-refractivity contribution is 5.80. The normalized spacial score (nSPS) is 17.8. The van der Waals surface area contributed by atoms with Crippen LogP contribution >= 0.6 is 0 Å². The largest absolute Gasteiger partial charge is 0.369 e. The van der Waals surface area contributed by atoms with E-state index >= 15 is 0 Å². The summed E-state index contributed by atoms with van der Waals surface area (Å²) in [6.45, 7) is 2.53. The Labute approximate surface area is 142 Å². The van der Waals surface area contributed by atoms with Gasteiger partial charge in [0.15, 0.2) is 5.96 Å². The summed E-state index contributed by atoms with van der Waals surface area (Å²) in [4.78, 5) is 6.64. The molecule has 0 saturated carbocycles. The van der Waals surface area contributed by atoms with Gasteiger partial charge in [-0.1, -0.05) is 30.3 Å². The molecular weight excluding hydrogens is 303 g/mol. The van der Waals surface area contributed by atoms with Crippen LogP contribution in [0.15, 0.2) is 59.6 Å². The molecule has 2 aromatic rings. The summed E-state index contributed by atoms with van der Waals surface area (Å²) in [5, 5.41) is 6.70. The fourth-order valence-corrected chi connectivity index (χ4v) is 2.97. The van der Waals surface area contributed by atoms with Gasteiger partial charge >= 0.3 is 0 Å². The Morgan fingerprint density at radius 1 is 1.21 bits per heavy atom. The molecule has 0 amide bonds. The molecule has 2 N–H and O–H groups in total. The molecule has 3 rings (SSSR count). The maximum Gasteiger partial charge on any atom is 0.191 e. The van der Waals surface area contributed by atoms with Gasteiger partial charge in [0.05, 0.1) is 0 Å². The minimum absolute atomic E-state index is 0.216. The van der Waals surface area contributed by atoms with Crippen LogP contribution in [0.25, 0.3) is 0 Å². The lowest BCUT2D eigenvalue weighted by molar-refractivity contribution is 0.623. The first-order valence-electron chi connectivity index (χ1n) is 8.26. The van der Waals surface area contributed by atoms with Crippen LogP contribution in [0.1, 0.15) is 12.0 Å². The van der Waals surface area contributed by atoms with E-state index in [0.717, 1.165) is 31.0 Å². The van der Waals surface area contributed by atoms with Crippen LogP contribution in [0.5, 0.6) is 0 Å². The monoisotopic (exact) mass is 326 g/mol. The van der Waals surface area contributed by atoms with E-state index in [-0.39, 0.29) is 5.82 Å². The lowest BCUT2D eigenvalue weighted by atomic mass is 10.2. The van der Waals surface area contributed by atoms with E-state index in [1.54, 1.807) is 13.1 Å². The third-order valence-corrected chi connectivity index (χ3v) is 4.22. The summed E-state index contributed by atoms with van der Waals surface area (Å²) >= 11 is 0. The fraction of sp³-hybridized carbons (Fsp3) is 0.316. The second-order valence-corrected chi connectivity index (χ2v) is 5.97. The summed E-state index contributed by atoms with van der Waals surface area (Å²) < 4.78 is 13.2. The molecule has 1 fully saturated rings. The summed E-state index contributed by atoms with van der Waals surface area (Å²) in [5.41, 5.74) is 2.15. The van der Waals surface area contributed by atoms with Crippen molar-refractivity contribution in [3.8, 4) is 0 Å². The highest BCUT2D eigenvalue weighted by atomic mass is 19.1. The number of para-hydroxylation sites is 1. The van der Waals surface area contributed by atoms with Crippen LogP contribution in [-0.4, -0.2) is 32.1 Å². The number of hydrogen-bond donors (Lipinski definition) is 2. The third kappa shape index (κ3) is 4.25. The van der Waals surface area contributed by atoms with Crippen molar-refractivity contribution in [2.45, 2.75) is 19.0 Å². The number of nitrogens with one attached hydrogen (secondary N) is 2. The lowest BCUT2D eigenvalue weighted by Gasteiger charge is -2.20. The molecule has 1 aliphatic rings. The molecule has 0 spiro atoms. The zero-order valence-corrected chi connectivity index (χ0v) is 13.9. The van der Waals surface area contributed by atoms with E-state index in [4.69, 9.17) is 0 Å². The van der Waals surface area contributed by atoms with E-state index in [9.17, 15) is 4.39 Å². The number of anilines is 1. The summed E-state index contributed by atoms with van der Waals surface area (Å²) in [5.74, 6) is 0.533. The fourth-order valence-electron chi connectivity index (χ4n) is 2.97. The Hall–Kier alpha value is -2.56. The third-order valence-electron chi connectivity index (χ3n) is 4.22. The zero-order valence-electron chi connectivity index (χ0n) is 13.9. The van der Waals surface area contributed by atoms with E-state index in [1.807, 2.05) is 12.1 Å². The van der Waals surface area contributed by atoms with Gasteiger partial charge in [0.1, 0.15) is 5.82 Å². The van der Waals surface area contributed by atoms with Crippen molar-refractivity contribution in [3.63, 3.8) is 0 Å². The van der Waals surface area contributed by atoms with Gasteiger partial charge in [-0.3, -0.25) is 4.99 Å². The van der Waals surface area contributed by atoms with Crippen molar-refractivity contribution in [1.29, 1.82) is 0 Å². The van der Waals surface area contributed by atoms with Crippen molar-refractivity contribution in [2.75, 3.05) is 25.0 Å². The Morgan fingerprint density at radius 3 is 2.79 bits per heavy atom. The lowest BCUT2D eigenvalue weighted by Crippen LogP contribution is -2.44. The van der Waals surface area contributed by atoms with Gasteiger partial charge in [0, 0.05) is 38.4 Å². The van der Waals surface area contributed by atoms with Crippen molar-refractivity contribution in [3.05, 3.63) is 66.0 Å². The maximum atomic E-state index is 13.2. The predicted octanol–water partition coefficient (Wildman–Crippen LogP) is 2.77. The van der Waals surface area contributed by atoms with Crippen LogP contribution in [0, 0.1) is 5.82 Å². The molecule has 126 valence electrons. The Kier molecular flexibility index (Phi) is 5.31. The molecule has 0 radical (unpaired) electrons. The van der Waals surface area contributed by atoms with E-state index in [1.165, 1.54) is 17.8 Å². The molecule has 0 bridgehead atoms. The van der Waals surface area contributed by atoms with Gasteiger partial charge in [-0.05, 0) is 36.2 Å². The summed E-state index contributed by atoms with van der Waals surface area (Å²) in [7, 11) is 1.75. The second kappa shape index (κ2) is 7.81. The van der Waals surface area contributed by atoms with E-state index in [0.29, 0.717) is 12.6 Å². The average Bonchev–Trinajstić information content (AvgIpc) is 3.08. The zero-order chi connectivity index (χ0) is 16.8. The predicted molar refractivity (Wildman–Crippen MR) is 96.8 cm³/mol. The number of benzene rings is 2. The molecule has 5 heteroatoms. The number of guanidine groups is 1. The van der Waals surface area contributed by atoms with Gasteiger partial charge in [-0.25, -0.2) is 4.39 Å². The number of halogens is 1. The Morgan fingerprint density at radius 2 is 2.04 bits per heavy atom. The van der Waals surface area contributed by atoms with Crippen LogP contribution in [0.4, 0.5) is 10.1 Å². The number of nitrogens with zero attached hydrogens (tertiary/aromatic N) is 2. The first-order chi connectivity index (χ1) is 11.7. The number of aliphatic imine (C=N–C) groups is 1. The minimum Gasteiger partial charge on any atom is -0.369 e. The molecule has 24 heavy (non-hydrogen) atoms. The van der Waals surface area contributed by atoms with Gasteiger partial charge in [-0.15, -0.1) is 0 Å². The molecular formula is C19H23FN4. The van der Waals surface area contributed by atoms with Crippen LogP contribution in [0.3, 0.4) is 0 Å². The number of rotatable bonds is 4. The summed E-state index contributed by atoms with van der Waals surface area (Å²) in [6.07, 6.45) is 1.07. The summed E-state index contributed by atoms with van der Waals surface area (Å²) in [6, 6.07) is 17.4. The molecule has 0 aromatic heterocycles. The van der Waals surface area contributed by atoms with Crippen molar-refractivity contribution in [2.24, 2.45) is 4.99 Å². The molecule has 1 atom stereocenters. The first kappa shape index (κ1) is 16.3. The van der Waals surface area contributed by atoms with E-state index in [2.05, 4.69) is 44.8 Å². The van der Waals surface area contributed by atoms with Crippen molar-refractivity contribution >= 4 is 11.6 Å². The highest BCUT2D eigenvalue weighted by Gasteiger charge is 2.23. The SMILES string of the molecule is CN=C(NCc1cccc(F)c1)NC1CCN(c2ccccc2)C1. The quantitative estimate of drug-likeness (QED) is 0.670. The molecule has 1 aliphatic heterocycles. The van der Waals surface area contributed by atoms with Gasteiger partial charge < -0.3 is 15.5 Å². The molecule has 0 aliphatic carbocycles. The molecule has 1 heterocycles. The van der Waals surface area contributed by atoms with Crippen molar-refractivity contribution in [1.82, 2.24) is 10.6 Å². The van der Waals surface area contributed by atoms with Crippen LogP contribution in [-0.2, 0) is 6.54 Å². The first-order valence-corrected chi connectivity index (χ1v) is 8.26. The highest BCUT2D eigenvalue weighted by Crippen LogP contribution is 2.19. The molecule has 4 nitrogen and oxygen atoms in total. The molecule has 1 saturated heterocycles. The maximum absolute atomic E-state index is 13.2. The topological polar surface area (TPSA) is 39.7 Å². The minimum atomic E-state index is -0.216. The van der Waals surface area contributed by atoms with Gasteiger partial charge in [-0.2, -0.15) is 0 Å². The Balaban J connectivity index is 1.51. The Bertz CT molecular complexity index is 687. The van der Waals surface area contributed by atoms with Crippen LogP contribution < -0.4 is 15.5 Å². The standard InChI is InChI=1S/C19H23FN4/c1-21-19(22-13-15-6-5-7-16(20)12-15)23-17-10-11-24(14-17)18-8-3-2-4-9-18/h2-9,12,17H,10-11,13-14H2,1H3,(H2,21,22,23). The average molecular weight is 326 g/mol. The van der Waals surface area contributed by atoms with Gasteiger partial charge in [0.25, 0.3) is 0 Å². The smallest absolute Gasteiger partial charge is 0.191 e. The van der Waals surface area contributed by atoms with Crippen LogP contribution in [0.2, 0.25) is 0 Å². The van der Waals surface area contributed by atoms with E-state index < -0.39 is 0 Å². The van der Waals surface area contributed by atoms with Crippen molar-refractivity contribution < 1.29 is 4.39 Å².